The summed E-state index contributed by atoms with van der Waals surface area (Å²) in [6.07, 6.45) is 5.40. The zero-order chi connectivity index (χ0) is 22.1. The molecule has 0 radical (unpaired) electrons. The van der Waals surface area contributed by atoms with Crippen molar-refractivity contribution < 1.29 is 9.47 Å². The predicted octanol–water partition coefficient (Wildman–Crippen LogP) is 4.11. The van der Waals surface area contributed by atoms with Crippen LogP contribution in [0.5, 0.6) is 11.5 Å². The van der Waals surface area contributed by atoms with Crippen LogP contribution in [0, 0.1) is 0 Å². The second kappa shape index (κ2) is 8.22. The van der Waals surface area contributed by atoms with E-state index in [0.29, 0.717) is 12.3 Å². The van der Waals surface area contributed by atoms with Crippen LogP contribution in [0.1, 0.15) is 17.0 Å². The second-order valence-corrected chi connectivity index (χ2v) is 7.53. The fourth-order valence-electron chi connectivity index (χ4n) is 4.26. The molecule has 5 rings (SSSR count). The Bertz CT molecular complexity index is 1390. The van der Waals surface area contributed by atoms with Gasteiger partial charge in [0, 0.05) is 42.2 Å². The maximum atomic E-state index is 5.78. The van der Waals surface area contributed by atoms with Gasteiger partial charge in [0.1, 0.15) is 12.1 Å². The number of ether oxygens (including phenoxy) is 2. The number of aromatic amines is 1. The van der Waals surface area contributed by atoms with Crippen molar-refractivity contribution in [2.75, 3.05) is 26.1 Å². The lowest BCUT2D eigenvalue weighted by molar-refractivity contribution is 0.350. The number of nitrogens with one attached hydrogen (secondary N) is 2. The molecule has 3 heterocycles. The van der Waals surface area contributed by atoms with Gasteiger partial charge in [-0.2, -0.15) is 5.10 Å². The van der Waals surface area contributed by atoms with E-state index in [1.807, 2.05) is 25.2 Å². The summed E-state index contributed by atoms with van der Waals surface area (Å²) in [4.78, 5) is 12.2. The van der Waals surface area contributed by atoms with E-state index >= 15 is 0 Å². The van der Waals surface area contributed by atoms with Crippen molar-refractivity contribution in [2.24, 2.45) is 7.05 Å². The van der Waals surface area contributed by atoms with E-state index in [9.17, 15) is 0 Å². The standard InChI is InChI=1S/C24H24N6O2/c1-30-24-19(13-29-30)23(27-14-28-24)26-12-18(16-8-6-10-21(31-2)22(16)32-3)17-11-25-20-9-5-4-7-15(17)20/h4-11,13-14,18,25H,12H2,1-3H3,(H,26,27,28)/t18-/m1/s1. The van der Waals surface area contributed by atoms with Crippen LogP contribution >= 0.6 is 0 Å². The van der Waals surface area contributed by atoms with Gasteiger partial charge in [-0.3, -0.25) is 4.68 Å². The molecule has 2 aromatic carbocycles. The van der Waals surface area contributed by atoms with Crippen molar-refractivity contribution in [3.8, 4) is 11.5 Å². The van der Waals surface area contributed by atoms with E-state index in [4.69, 9.17) is 9.47 Å². The highest BCUT2D eigenvalue weighted by Gasteiger charge is 2.24. The SMILES string of the molecule is COc1cccc([C@@H](CNc2ncnc3c2cnn3C)c2c[nH]c3ccccc23)c1OC. The van der Waals surface area contributed by atoms with Crippen LogP contribution < -0.4 is 14.8 Å². The van der Waals surface area contributed by atoms with E-state index in [1.165, 1.54) is 5.39 Å². The maximum absolute atomic E-state index is 5.78. The number of methoxy groups -OCH3 is 2. The number of anilines is 1. The van der Waals surface area contributed by atoms with Gasteiger partial charge in [-0.25, -0.2) is 9.97 Å². The normalized spacial score (nSPS) is 12.2. The van der Waals surface area contributed by atoms with Gasteiger partial charge in [0.25, 0.3) is 0 Å². The first kappa shape index (κ1) is 19.9. The van der Waals surface area contributed by atoms with Crippen molar-refractivity contribution in [3.63, 3.8) is 0 Å². The lowest BCUT2D eigenvalue weighted by Crippen LogP contribution is -2.16. The summed E-state index contributed by atoms with van der Waals surface area (Å²) < 4.78 is 13.1. The molecule has 8 heteroatoms. The highest BCUT2D eigenvalue weighted by atomic mass is 16.5. The molecule has 0 fully saturated rings. The zero-order valence-electron chi connectivity index (χ0n) is 18.2. The Morgan fingerprint density at radius 3 is 2.72 bits per heavy atom. The Balaban J connectivity index is 1.60. The van der Waals surface area contributed by atoms with Gasteiger partial charge in [0.2, 0.25) is 0 Å². The molecular formula is C24H24N6O2. The molecule has 1 atom stereocenters. The lowest BCUT2D eigenvalue weighted by atomic mass is 9.89. The summed E-state index contributed by atoms with van der Waals surface area (Å²) in [6.45, 7) is 0.590. The highest BCUT2D eigenvalue weighted by molar-refractivity contribution is 5.87. The van der Waals surface area contributed by atoms with Crippen LogP contribution in [-0.4, -0.2) is 45.5 Å². The summed E-state index contributed by atoms with van der Waals surface area (Å²) >= 11 is 0. The molecule has 0 amide bonds. The number of aromatic nitrogens is 5. The van der Waals surface area contributed by atoms with E-state index in [2.05, 4.69) is 55.8 Å². The molecule has 8 nitrogen and oxygen atoms in total. The molecule has 0 unspecified atom stereocenters. The van der Waals surface area contributed by atoms with Crippen LogP contribution in [0.15, 0.2) is 61.2 Å². The van der Waals surface area contributed by atoms with Gasteiger partial charge in [-0.05, 0) is 17.7 Å². The third-order valence-corrected chi connectivity index (χ3v) is 5.81. The largest absolute Gasteiger partial charge is 0.493 e. The number of aryl methyl sites for hydroxylation is 1. The number of fused-ring (bicyclic) bond motifs is 2. The molecule has 5 aromatic rings. The van der Waals surface area contributed by atoms with Crippen LogP contribution in [0.4, 0.5) is 5.82 Å². The van der Waals surface area contributed by atoms with Gasteiger partial charge >= 0.3 is 0 Å². The van der Waals surface area contributed by atoms with Crippen LogP contribution in [-0.2, 0) is 7.05 Å². The van der Waals surface area contributed by atoms with E-state index in [1.54, 1.807) is 31.4 Å². The van der Waals surface area contributed by atoms with Crippen LogP contribution in [0.2, 0.25) is 0 Å². The number of H-pyrrole nitrogens is 1. The summed E-state index contributed by atoms with van der Waals surface area (Å²) in [5.41, 5.74) is 4.06. The first-order chi connectivity index (χ1) is 15.7. The van der Waals surface area contributed by atoms with Gasteiger partial charge < -0.3 is 19.8 Å². The zero-order valence-corrected chi connectivity index (χ0v) is 18.2. The topological polar surface area (TPSA) is 89.9 Å². The Hall–Kier alpha value is -4.07. The molecule has 0 spiro atoms. The number of para-hydroxylation sites is 2. The summed E-state index contributed by atoms with van der Waals surface area (Å²) in [7, 11) is 5.19. The van der Waals surface area contributed by atoms with Gasteiger partial charge in [-0.1, -0.05) is 30.3 Å². The van der Waals surface area contributed by atoms with E-state index in [0.717, 1.165) is 39.2 Å². The Labute approximate surface area is 185 Å². The highest BCUT2D eigenvalue weighted by Crippen LogP contribution is 2.40. The molecular weight excluding hydrogens is 404 g/mol. The first-order valence-electron chi connectivity index (χ1n) is 10.3. The van der Waals surface area contributed by atoms with Crippen molar-refractivity contribution in [3.05, 3.63) is 72.3 Å². The molecule has 0 aliphatic rings. The van der Waals surface area contributed by atoms with E-state index < -0.39 is 0 Å². The average molecular weight is 428 g/mol. The first-order valence-corrected chi connectivity index (χ1v) is 10.3. The van der Waals surface area contributed by atoms with Crippen LogP contribution in [0.3, 0.4) is 0 Å². The minimum atomic E-state index is -0.0297. The van der Waals surface area contributed by atoms with Gasteiger partial charge in [-0.15, -0.1) is 0 Å². The number of rotatable bonds is 7. The molecule has 32 heavy (non-hydrogen) atoms. The summed E-state index contributed by atoms with van der Waals surface area (Å²) in [5.74, 6) is 2.14. The Morgan fingerprint density at radius 2 is 1.88 bits per heavy atom. The molecule has 3 aromatic heterocycles. The van der Waals surface area contributed by atoms with Crippen molar-refractivity contribution in [2.45, 2.75) is 5.92 Å². The smallest absolute Gasteiger partial charge is 0.164 e. The molecule has 0 aliphatic carbocycles. The minimum Gasteiger partial charge on any atom is -0.493 e. The lowest BCUT2D eigenvalue weighted by Gasteiger charge is -2.22. The van der Waals surface area contributed by atoms with Crippen molar-refractivity contribution in [1.29, 1.82) is 0 Å². The number of benzene rings is 2. The third-order valence-electron chi connectivity index (χ3n) is 5.81. The third kappa shape index (κ3) is 3.30. The molecule has 0 saturated carbocycles. The molecule has 0 saturated heterocycles. The van der Waals surface area contributed by atoms with Crippen molar-refractivity contribution in [1.82, 2.24) is 24.7 Å². The maximum Gasteiger partial charge on any atom is 0.164 e. The predicted molar refractivity (Wildman–Crippen MR) is 124 cm³/mol. The number of hydrogen-bond acceptors (Lipinski definition) is 6. The van der Waals surface area contributed by atoms with Gasteiger partial charge in [0.15, 0.2) is 17.1 Å². The van der Waals surface area contributed by atoms with Crippen molar-refractivity contribution >= 4 is 27.8 Å². The minimum absolute atomic E-state index is 0.0297. The molecule has 2 N–H and O–H groups in total. The monoisotopic (exact) mass is 428 g/mol. The molecule has 0 bridgehead atoms. The summed E-state index contributed by atoms with van der Waals surface area (Å²) in [5, 5.41) is 9.89. The Morgan fingerprint density at radius 1 is 1.00 bits per heavy atom. The number of hydrogen-bond donors (Lipinski definition) is 2. The molecule has 0 aliphatic heterocycles. The van der Waals surface area contributed by atoms with Gasteiger partial charge in [0.05, 0.1) is 25.8 Å². The van der Waals surface area contributed by atoms with Crippen LogP contribution in [0.25, 0.3) is 21.9 Å². The Kier molecular flexibility index (Phi) is 5.10. The number of nitrogens with zero attached hydrogens (tertiary/aromatic N) is 4. The fourth-order valence-corrected chi connectivity index (χ4v) is 4.26. The summed E-state index contributed by atoms with van der Waals surface area (Å²) in [6, 6.07) is 14.3. The second-order valence-electron chi connectivity index (χ2n) is 7.53. The molecule has 162 valence electrons. The quantitative estimate of drug-likeness (QED) is 0.406. The fraction of sp³-hybridized carbons (Fsp3) is 0.208. The average Bonchev–Trinajstić information content (AvgIpc) is 3.43. The van der Waals surface area contributed by atoms with E-state index in [-0.39, 0.29) is 5.92 Å².